The molecule has 1 saturated carbocycles. The third-order valence-electron chi connectivity index (χ3n) is 4.39. The number of hydrogen-bond acceptors (Lipinski definition) is 2. The number of ether oxygens (including phenoxy) is 1. The summed E-state index contributed by atoms with van der Waals surface area (Å²) in [6, 6.07) is 8.94. The molecule has 1 unspecified atom stereocenters. The lowest BCUT2D eigenvalue weighted by atomic mass is 9.98. The van der Waals surface area contributed by atoms with E-state index in [-0.39, 0.29) is 0 Å². The fourth-order valence-corrected chi connectivity index (χ4v) is 2.90. The molecule has 1 atom stereocenters. The Labute approximate surface area is 117 Å². The van der Waals surface area contributed by atoms with Gasteiger partial charge in [0.25, 0.3) is 0 Å². The van der Waals surface area contributed by atoms with Gasteiger partial charge in [-0.2, -0.15) is 0 Å². The zero-order valence-electron chi connectivity index (χ0n) is 12.5. The third-order valence-corrected chi connectivity index (χ3v) is 4.39. The molecule has 0 radical (unpaired) electrons. The van der Waals surface area contributed by atoms with Crippen molar-refractivity contribution in [3.8, 4) is 5.75 Å². The van der Waals surface area contributed by atoms with Crippen LogP contribution in [0.1, 0.15) is 57.6 Å². The average Bonchev–Trinajstić information content (AvgIpc) is 3.21. The number of rotatable bonds is 8. The van der Waals surface area contributed by atoms with Crippen LogP contribution in [0.5, 0.6) is 5.75 Å². The molecular formula is C17H27NO. The Balaban J connectivity index is 1.92. The molecule has 0 aliphatic heterocycles. The highest BCUT2D eigenvalue weighted by Crippen LogP contribution is 2.49. The zero-order chi connectivity index (χ0) is 13.7. The van der Waals surface area contributed by atoms with Gasteiger partial charge in [-0.15, -0.1) is 0 Å². The van der Waals surface area contributed by atoms with Crippen LogP contribution in [0.2, 0.25) is 0 Å². The van der Waals surface area contributed by atoms with E-state index in [0.717, 1.165) is 12.2 Å². The van der Waals surface area contributed by atoms with Crippen molar-refractivity contribution in [1.29, 1.82) is 0 Å². The Morgan fingerprint density at radius 2 is 1.89 bits per heavy atom. The smallest absolute Gasteiger partial charge is 0.118 e. The summed E-state index contributed by atoms with van der Waals surface area (Å²) in [5.41, 5.74) is 1.99. The zero-order valence-corrected chi connectivity index (χ0v) is 12.5. The number of nitrogens with one attached hydrogen (secondary N) is 1. The van der Waals surface area contributed by atoms with Crippen molar-refractivity contribution < 1.29 is 4.74 Å². The van der Waals surface area contributed by atoms with Gasteiger partial charge in [-0.3, -0.25) is 0 Å². The van der Waals surface area contributed by atoms with Gasteiger partial charge in [0, 0.05) is 12.6 Å². The average molecular weight is 261 g/mol. The van der Waals surface area contributed by atoms with Gasteiger partial charge in [-0.1, -0.05) is 32.4 Å². The monoisotopic (exact) mass is 261 g/mol. The maximum Gasteiger partial charge on any atom is 0.118 e. The highest BCUT2D eigenvalue weighted by atomic mass is 16.5. The summed E-state index contributed by atoms with van der Waals surface area (Å²) in [5, 5.41) is 3.77. The molecule has 1 aromatic carbocycles. The van der Waals surface area contributed by atoms with Gasteiger partial charge in [-0.25, -0.2) is 0 Å². The predicted molar refractivity (Wildman–Crippen MR) is 80.6 cm³/mol. The molecule has 0 spiro atoms. The lowest BCUT2D eigenvalue weighted by Gasteiger charge is -2.22. The molecule has 19 heavy (non-hydrogen) atoms. The summed E-state index contributed by atoms with van der Waals surface area (Å²) in [5.74, 6) is 0.934. The van der Waals surface area contributed by atoms with Crippen LogP contribution in [0.15, 0.2) is 24.3 Å². The summed E-state index contributed by atoms with van der Waals surface area (Å²) < 4.78 is 5.22. The van der Waals surface area contributed by atoms with E-state index in [0.29, 0.717) is 11.5 Å². The molecular weight excluding hydrogens is 234 g/mol. The van der Waals surface area contributed by atoms with Gasteiger partial charge >= 0.3 is 0 Å². The number of benzene rings is 1. The standard InChI is InChI=1S/C17H27NO/c1-4-10-17(11-12-17)13-18-16(5-2)14-6-8-15(19-3)9-7-14/h6-9,16,18H,4-5,10-13H2,1-3H3. The summed E-state index contributed by atoms with van der Waals surface area (Å²) in [4.78, 5) is 0. The normalized spacial score (nSPS) is 18.1. The van der Waals surface area contributed by atoms with Crippen LogP contribution in [-0.2, 0) is 0 Å². The first kappa shape index (κ1) is 14.4. The van der Waals surface area contributed by atoms with E-state index in [9.17, 15) is 0 Å². The first-order valence-electron chi connectivity index (χ1n) is 7.60. The lowest BCUT2D eigenvalue weighted by Crippen LogP contribution is -2.28. The number of methoxy groups -OCH3 is 1. The summed E-state index contributed by atoms with van der Waals surface area (Å²) in [6.07, 6.45) is 6.63. The molecule has 0 aromatic heterocycles. The topological polar surface area (TPSA) is 21.3 Å². The molecule has 1 N–H and O–H groups in total. The van der Waals surface area contributed by atoms with E-state index in [1.165, 1.54) is 37.8 Å². The molecule has 2 rings (SSSR count). The van der Waals surface area contributed by atoms with Crippen molar-refractivity contribution in [3.63, 3.8) is 0 Å². The maximum absolute atomic E-state index is 5.22. The van der Waals surface area contributed by atoms with Gasteiger partial charge in [0.1, 0.15) is 5.75 Å². The minimum Gasteiger partial charge on any atom is -0.497 e. The van der Waals surface area contributed by atoms with E-state index in [1.54, 1.807) is 7.11 Å². The summed E-state index contributed by atoms with van der Waals surface area (Å²) >= 11 is 0. The molecule has 1 aromatic rings. The van der Waals surface area contributed by atoms with Crippen LogP contribution in [0.4, 0.5) is 0 Å². The fourth-order valence-electron chi connectivity index (χ4n) is 2.90. The molecule has 1 fully saturated rings. The van der Waals surface area contributed by atoms with E-state index < -0.39 is 0 Å². The van der Waals surface area contributed by atoms with Gasteiger partial charge < -0.3 is 10.1 Å². The van der Waals surface area contributed by atoms with Crippen LogP contribution in [0.3, 0.4) is 0 Å². The van der Waals surface area contributed by atoms with Crippen molar-refractivity contribution in [2.75, 3.05) is 13.7 Å². The van der Waals surface area contributed by atoms with Crippen LogP contribution < -0.4 is 10.1 Å². The van der Waals surface area contributed by atoms with Gasteiger partial charge in [0.15, 0.2) is 0 Å². The second kappa shape index (κ2) is 6.42. The van der Waals surface area contributed by atoms with Crippen LogP contribution in [0.25, 0.3) is 0 Å². The van der Waals surface area contributed by atoms with Crippen molar-refractivity contribution >= 4 is 0 Å². The number of hydrogen-bond donors (Lipinski definition) is 1. The maximum atomic E-state index is 5.22. The van der Waals surface area contributed by atoms with E-state index >= 15 is 0 Å². The molecule has 0 saturated heterocycles. The Bertz CT molecular complexity index is 381. The first-order chi connectivity index (χ1) is 9.23. The molecule has 1 aliphatic rings. The van der Waals surface area contributed by atoms with E-state index in [4.69, 9.17) is 4.74 Å². The molecule has 1 aliphatic carbocycles. The molecule has 2 nitrogen and oxygen atoms in total. The molecule has 106 valence electrons. The Morgan fingerprint density at radius 1 is 1.21 bits per heavy atom. The van der Waals surface area contributed by atoms with Crippen molar-refractivity contribution in [1.82, 2.24) is 5.32 Å². The Morgan fingerprint density at radius 3 is 2.37 bits per heavy atom. The van der Waals surface area contributed by atoms with Crippen molar-refractivity contribution in [2.45, 2.75) is 52.0 Å². The molecule has 0 heterocycles. The van der Waals surface area contributed by atoms with Crippen molar-refractivity contribution in [3.05, 3.63) is 29.8 Å². The quantitative estimate of drug-likeness (QED) is 0.752. The Hall–Kier alpha value is -1.02. The van der Waals surface area contributed by atoms with Crippen LogP contribution in [-0.4, -0.2) is 13.7 Å². The SMILES string of the molecule is CCCC1(CNC(CC)c2ccc(OC)cc2)CC1. The highest BCUT2D eigenvalue weighted by molar-refractivity contribution is 5.29. The van der Waals surface area contributed by atoms with Gasteiger partial charge in [0.05, 0.1) is 7.11 Å². The van der Waals surface area contributed by atoms with E-state index in [2.05, 4.69) is 43.4 Å². The molecule has 2 heteroatoms. The van der Waals surface area contributed by atoms with Crippen LogP contribution in [0, 0.1) is 5.41 Å². The Kier molecular flexibility index (Phi) is 4.87. The third kappa shape index (κ3) is 3.73. The lowest BCUT2D eigenvalue weighted by molar-refractivity contribution is 0.383. The minimum absolute atomic E-state index is 0.472. The fraction of sp³-hybridized carbons (Fsp3) is 0.647. The predicted octanol–water partition coefficient (Wildman–Crippen LogP) is 4.32. The first-order valence-corrected chi connectivity index (χ1v) is 7.60. The largest absolute Gasteiger partial charge is 0.497 e. The molecule has 0 amide bonds. The van der Waals surface area contributed by atoms with Gasteiger partial charge in [0.2, 0.25) is 0 Å². The highest BCUT2D eigenvalue weighted by Gasteiger charge is 2.41. The summed E-state index contributed by atoms with van der Waals surface area (Å²) in [6.45, 7) is 5.72. The van der Waals surface area contributed by atoms with Crippen molar-refractivity contribution in [2.24, 2.45) is 5.41 Å². The van der Waals surface area contributed by atoms with E-state index in [1.807, 2.05) is 0 Å². The molecule has 0 bridgehead atoms. The van der Waals surface area contributed by atoms with Gasteiger partial charge in [-0.05, 0) is 48.8 Å². The second-order valence-corrected chi connectivity index (χ2v) is 5.86. The van der Waals surface area contributed by atoms with Crippen LogP contribution >= 0.6 is 0 Å². The summed E-state index contributed by atoms with van der Waals surface area (Å²) in [7, 11) is 1.71. The second-order valence-electron chi connectivity index (χ2n) is 5.86. The minimum atomic E-state index is 0.472.